The first-order chi connectivity index (χ1) is 15.9. The summed E-state index contributed by atoms with van der Waals surface area (Å²) < 4.78 is 0. The molecule has 5 N–H and O–H groups in total. The van der Waals surface area contributed by atoms with Crippen LogP contribution in [0.15, 0.2) is 48.8 Å². The van der Waals surface area contributed by atoms with E-state index in [4.69, 9.17) is 28.9 Å². The van der Waals surface area contributed by atoms with Gasteiger partial charge >= 0.3 is 5.69 Å². The number of benzene rings is 1. The molecule has 0 aliphatic carbocycles. The monoisotopic (exact) mass is 485 g/mol. The van der Waals surface area contributed by atoms with E-state index in [1.54, 1.807) is 30.6 Å². The molecule has 4 aromatic rings. The Morgan fingerprint density at radius 1 is 1.06 bits per heavy atom. The van der Waals surface area contributed by atoms with Gasteiger partial charge in [0.25, 0.3) is 0 Å². The molecule has 33 heavy (non-hydrogen) atoms. The van der Waals surface area contributed by atoms with Crippen LogP contribution in [-0.2, 0) is 0 Å². The minimum absolute atomic E-state index is 0.147. The highest BCUT2D eigenvalue weighted by atomic mass is 35.5. The molecule has 0 radical (unpaired) electrons. The minimum Gasteiger partial charge on any atom is -0.378 e. The molecule has 0 fully saturated rings. The smallest absolute Gasteiger partial charge is 0.311 e. The fourth-order valence-electron chi connectivity index (χ4n) is 2.96. The van der Waals surface area contributed by atoms with Crippen LogP contribution in [0.3, 0.4) is 0 Å². The van der Waals surface area contributed by atoms with Crippen LogP contribution in [0.4, 0.5) is 23.3 Å². The van der Waals surface area contributed by atoms with Gasteiger partial charge in [-0.2, -0.15) is 0 Å². The normalized spacial score (nSPS) is 10.7. The van der Waals surface area contributed by atoms with Gasteiger partial charge in [-0.3, -0.25) is 10.1 Å². The van der Waals surface area contributed by atoms with Crippen molar-refractivity contribution in [2.75, 3.05) is 29.5 Å². The predicted molar refractivity (Wildman–Crippen MR) is 127 cm³/mol. The lowest BCUT2D eigenvalue weighted by atomic mass is 10.2. The third-order valence-electron chi connectivity index (χ3n) is 4.51. The molecule has 168 valence electrons. The first-order valence-corrected chi connectivity index (χ1v) is 10.4. The summed E-state index contributed by atoms with van der Waals surface area (Å²) in [4.78, 5) is 30.5. The summed E-state index contributed by atoms with van der Waals surface area (Å²) in [5.74, 6) is 1.25. The van der Waals surface area contributed by atoms with E-state index in [1.807, 2.05) is 6.07 Å². The summed E-state index contributed by atoms with van der Waals surface area (Å²) in [6.07, 6.45) is 3.29. The van der Waals surface area contributed by atoms with E-state index in [0.717, 1.165) is 11.3 Å². The lowest BCUT2D eigenvalue weighted by molar-refractivity contribution is -0.384. The maximum atomic E-state index is 10.8. The van der Waals surface area contributed by atoms with E-state index in [0.29, 0.717) is 46.4 Å². The van der Waals surface area contributed by atoms with Gasteiger partial charge in [-0.05, 0) is 30.3 Å². The number of anilines is 3. The standard InChI is InChI=1S/C20H17Cl2N9O2/c21-11-1-2-12(13(22)9-11)15-10-27-19(28-15)14-5-6-25-20(29-14)26-8-7-24-17-4-3-16(31(32)33)18(23)30-17/h1-6,9-10H,7-8H2,(H,27,28)(H3,23,24,30)(H,25,26,29). The van der Waals surface area contributed by atoms with Crippen LogP contribution in [0.2, 0.25) is 10.0 Å². The van der Waals surface area contributed by atoms with Crippen LogP contribution in [0.25, 0.3) is 22.8 Å². The molecule has 0 saturated carbocycles. The lowest BCUT2D eigenvalue weighted by Crippen LogP contribution is -2.16. The van der Waals surface area contributed by atoms with Gasteiger partial charge in [-0.15, -0.1) is 0 Å². The SMILES string of the molecule is Nc1nc(NCCNc2nccc(-c3ncc(-c4ccc(Cl)cc4Cl)[nH]3)n2)ccc1[N+](=O)[O-]. The van der Waals surface area contributed by atoms with Crippen molar-refractivity contribution < 1.29 is 4.92 Å². The quantitative estimate of drug-likeness (QED) is 0.162. The van der Waals surface area contributed by atoms with Crippen molar-refractivity contribution in [2.24, 2.45) is 0 Å². The number of aromatic nitrogens is 5. The second-order valence-electron chi connectivity index (χ2n) is 6.75. The van der Waals surface area contributed by atoms with Crippen molar-refractivity contribution in [3.63, 3.8) is 0 Å². The number of imidazole rings is 1. The molecule has 0 saturated heterocycles. The van der Waals surface area contributed by atoms with Crippen LogP contribution in [0.1, 0.15) is 0 Å². The molecule has 0 spiro atoms. The highest BCUT2D eigenvalue weighted by Crippen LogP contribution is 2.30. The molecule has 0 amide bonds. The molecule has 0 unspecified atom stereocenters. The summed E-state index contributed by atoms with van der Waals surface area (Å²) in [5, 5.41) is 18.0. The number of hydrogen-bond acceptors (Lipinski definition) is 9. The highest BCUT2D eigenvalue weighted by molar-refractivity contribution is 6.36. The average Bonchev–Trinajstić information content (AvgIpc) is 3.27. The van der Waals surface area contributed by atoms with Crippen LogP contribution >= 0.6 is 23.2 Å². The molecular weight excluding hydrogens is 469 g/mol. The van der Waals surface area contributed by atoms with Gasteiger partial charge < -0.3 is 21.4 Å². The molecule has 4 rings (SSSR count). The Morgan fingerprint density at radius 2 is 1.88 bits per heavy atom. The van der Waals surface area contributed by atoms with Crippen LogP contribution < -0.4 is 16.4 Å². The Hall–Kier alpha value is -3.96. The number of hydrogen-bond donors (Lipinski definition) is 4. The topological polar surface area (TPSA) is 161 Å². The summed E-state index contributed by atoms with van der Waals surface area (Å²) in [5.41, 5.74) is 7.47. The third kappa shape index (κ3) is 5.27. The zero-order valence-corrected chi connectivity index (χ0v) is 18.4. The molecule has 0 atom stereocenters. The summed E-state index contributed by atoms with van der Waals surface area (Å²) in [7, 11) is 0. The number of pyridine rings is 1. The number of aromatic amines is 1. The Morgan fingerprint density at radius 3 is 2.64 bits per heavy atom. The first kappa shape index (κ1) is 22.2. The van der Waals surface area contributed by atoms with Crippen LogP contribution in [0, 0.1) is 10.1 Å². The molecule has 3 aromatic heterocycles. The predicted octanol–water partition coefficient (Wildman–Crippen LogP) is 4.25. The fraction of sp³-hybridized carbons (Fsp3) is 0.100. The van der Waals surface area contributed by atoms with E-state index in [2.05, 4.69) is 35.6 Å². The molecule has 0 aliphatic rings. The van der Waals surface area contributed by atoms with Crippen molar-refractivity contribution >= 4 is 46.5 Å². The van der Waals surface area contributed by atoms with Crippen molar-refractivity contribution in [2.45, 2.75) is 0 Å². The number of nitro groups is 1. The largest absolute Gasteiger partial charge is 0.378 e. The van der Waals surface area contributed by atoms with Crippen molar-refractivity contribution in [3.05, 3.63) is 69.0 Å². The Bertz CT molecular complexity index is 1310. The van der Waals surface area contributed by atoms with Gasteiger partial charge in [-0.25, -0.2) is 19.9 Å². The Kier molecular flexibility index (Phi) is 6.52. The van der Waals surface area contributed by atoms with Crippen molar-refractivity contribution in [3.8, 4) is 22.8 Å². The Labute approximate surface area is 197 Å². The molecule has 3 heterocycles. The summed E-state index contributed by atoms with van der Waals surface area (Å²) >= 11 is 12.2. The number of halogens is 2. The van der Waals surface area contributed by atoms with Crippen molar-refractivity contribution in [1.82, 2.24) is 24.9 Å². The summed E-state index contributed by atoms with van der Waals surface area (Å²) in [6.45, 7) is 0.920. The van der Waals surface area contributed by atoms with Crippen LogP contribution in [0.5, 0.6) is 0 Å². The van der Waals surface area contributed by atoms with E-state index in [-0.39, 0.29) is 11.5 Å². The minimum atomic E-state index is -0.579. The fourth-order valence-corrected chi connectivity index (χ4v) is 3.47. The number of nitrogens with two attached hydrogens (primary N) is 1. The summed E-state index contributed by atoms with van der Waals surface area (Å²) in [6, 6.07) is 9.77. The molecular formula is C20H17Cl2N9O2. The number of H-pyrrole nitrogens is 1. The van der Waals surface area contributed by atoms with E-state index in [9.17, 15) is 10.1 Å². The van der Waals surface area contributed by atoms with E-state index < -0.39 is 4.92 Å². The first-order valence-electron chi connectivity index (χ1n) is 9.63. The maximum absolute atomic E-state index is 10.8. The average molecular weight is 486 g/mol. The second-order valence-corrected chi connectivity index (χ2v) is 7.59. The molecule has 0 aliphatic heterocycles. The van der Waals surface area contributed by atoms with Gasteiger partial charge in [-0.1, -0.05) is 23.2 Å². The second kappa shape index (κ2) is 9.67. The Balaban J connectivity index is 1.37. The zero-order valence-electron chi connectivity index (χ0n) is 16.9. The zero-order chi connectivity index (χ0) is 23.4. The van der Waals surface area contributed by atoms with E-state index in [1.165, 1.54) is 12.1 Å². The lowest BCUT2D eigenvalue weighted by Gasteiger charge is -2.08. The molecule has 1 aromatic carbocycles. The third-order valence-corrected chi connectivity index (χ3v) is 5.06. The van der Waals surface area contributed by atoms with Gasteiger partial charge in [0, 0.05) is 35.9 Å². The molecule has 11 nitrogen and oxygen atoms in total. The number of nitrogens with one attached hydrogen (secondary N) is 3. The highest BCUT2D eigenvalue weighted by Gasteiger charge is 2.13. The van der Waals surface area contributed by atoms with Gasteiger partial charge in [0.1, 0.15) is 11.5 Å². The van der Waals surface area contributed by atoms with E-state index >= 15 is 0 Å². The number of nitrogen functional groups attached to an aromatic ring is 1. The van der Waals surface area contributed by atoms with Crippen LogP contribution in [-0.4, -0.2) is 42.9 Å². The number of rotatable bonds is 8. The molecule has 0 bridgehead atoms. The van der Waals surface area contributed by atoms with Gasteiger partial charge in [0.2, 0.25) is 11.8 Å². The van der Waals surface area contributed by atoms with Gasteiger partial charge in [0.15, 0.2) is 5.82 Å². The van der Waals surface area contributed by atoms with Crippen molar-refractivity contribution in [1.29, 1.82) is 0 Å². The maximum Gasteiger partial charge on any atom is 0.311 e. The number of nitrogens with zero attached hydrogens (tertiary/aromatic N) is 5. The van der Waals surface area contributed by atoms with Gasteiger partial charge in [0.05, 0.1) is 21.8 Å². The molecule has 13 heteroatoms.